The first-order valence-corrected chi connectivity index (χ1v) is 8.41. The van der Waals surface area contributed by atoms with Gasteiger partial charge < -0.3 is 5.73 Å². The fraction of sp³-hybridized carbons (Fsp3) is 0.471. The maximum absolute atomic E-state index is 6.01. The first kappa shape index (κ1) is 16.2. The van der Waals surface area contributed by atoms with E-state index in [4.69, 9.17) is 10.8 Å². The van der Waals surface area contributed by atoms with Gasteiger partial charge in [0, 0.05) is 16.2 Å². The highest BCUT2D eigenvalue weighted by atomic mass is 79.9. The lowest BCUT2D eigenvalue weighted by atomic mass is 10.0. The van der Waals surface area contributed by atoms with Gasteiger partial charge in [-0.3, -0.25) is 4.68 Å². The molecule has 1 aromatic heterocycles. The van der Waals surface area contributed by atoms with Gasteiger partial charge in [0.05, 0.1) is 12.2 Å². The molecule has 0 fully saturated rings. The van der Waals surface area contributed by atoms with Crippen molar-refractivity contribution < 1.29 is 0 Å². The molecule has 1 atom stereocenters. The maximum atomic E-state index is 6.01. The van der Waals surface area contributed by atoms with Gasteiger partial charge in [-0.25, -0.2) is 0 Å². The number of aryl methyl sites for hydroxylation is 1. The smallest absolute Gasteiger partial charge is 0.0662 e. The summed E-state index contributed by atoms with van der Waals surface area (Å²) in [5.74, 6) is 0. The Balaban J connectivity index is 2.34. The predicted molar refractivity (Wildman–Crippen MR) is 91.6 cm³/mol. The van der Waals surface area contributed by atoms with E-state index in [2.05, 4.69) is 65.6 Å². The molecule has 0 spiro atoms. The topological polar surface area (TPSA) is 43.8 Å². The zero-order chi connectivity index (χ0) is 15.4. The van der Waals surface area contributed by atoms with Crippen molar-refractivity contribution in [1.29, 1.82) is 0 Å². The lowest BCUT2D eigenvalue weighted by Crippen LogP contribution is -2.19. The molecule has 0 bridgehead atoms. The zero-order valence-corrected chi connectivity index (χ0v) is 14.7. The van der Waals surface area contributed by atoms with Crippen LogP contribution < -0.4 is 5.73 Å². The average molecular weight is 350 g/mol. The van der Waals surface area contributed by atoms with Crippen LogP contribution in [0.15, 0.2) is 28.7 Å². The summed E-state index contributed by atoms with van der Waals surface area (Å²) >= 11 is 3.48. The van der Waals surface area contributed by atoms with Crippen molar-refractivity contribution in [3.63, 3.8) is 0 Å². The highest BCUT2D eigenvalue weighted by molar-refractivity contribution is 9.10. The van der Waals surface area contributed by atoms with Gasteiger partial charge in [0.25, 0.3) is 0 Å². The van der Waals surface area contributed by atoms with E-state index in [-0.39, 0.29) is 6.04 Å². The SMILES string of the molecule is CCc1nn(Cc2ccc(Br)cc2)c(CC)c1CC(C)N. The first-order valence-electron chi connectivity index (χ1n) is 7.62. The molecule has 1 aromatic carbocycles. The fourth-order valence-corrected chi connectivity index (χ4v) is 2.98. The molecule has 0 amide bonds. The summed E-state index contributed by atoms with van der Waals surface area (Å²) in [6.07, 6.45) is 2.86. The Kier molecular flexibility index (Phi) is 5.59. The minimum atomic E-state index is 0.172. The number of rotatable bonds is 6. The van der Waals surface area contributed by atoms with E-state index in [1.807, 2.05) is 0 Å². The molecule has 1 unspecified atom stereocenters. The predicted octanol–water partition coefficient (Wildman–Crippen LogP) is 3.71. The summed E-state index contributed by atoms with van der Waals surface area (Å²) in [7, 11) is 0. The van der Waals surface area contributed by atoms with E-state index in [1.54, 1.807) is 0 Å². The highest BCUT2D eigenvalue weighted by Crippen LogP contribution is 2.20. The molecule has 1 heterocycles. The minimum absolute atomic E-state index is 0.172. The standard InChI is InChI=1S/C17H24BrN3/c1-4-16-15(10-12(3)19)17(5-2)21(20-16)11-13-6-8-14(18)9-7-13/h6-9,12H,4-5,10-11,19H2,1-3H3. The van der Waals surface area contributed by atoms with Crippen molar-refractivity contribution in [2.45, 2.75) is 52.6 Å². The third kappa shape index (κ3) is 3.95. The number of hydrogen-bond acceptors (Lipinski definition) is 2. The number of halogens is 1. The third-order valence-electron chi connectivity index (χ3n) is 3.69. The second-order valence-corrected chi connectivity index (χ2v) is 6.46. The summed E-state index contributed by atoms with van der Waals surface area (Å²) in [4.78, 5) is 0. The van der Waals surface area contributed by atoms with Crippen LogP contribution in [-0.2, 0) is 25.8 Å². The molecule has 0 aliphatic rings. The van der Waals surface area contributed by atoms with E-state index < -0.39 is 0 Å². The van der Waals surface area contributed by atoms with Gasteiger partial charge in [0.2, 0.25) is 0 Å². The molecular formula is C17H24BrN3. The van der Waals surface area contributed by atoms with Crippen molar-refractivity contribution >= 4 is 15.9 Å². The number of hydrogen-bond donors (Lipinski definition) is 1. The van der Waals surface area contributed by atoms with Crippen molar-refractivity contribution in [1.82, 2.24) is 9.78 Å². The van der Waals surface area contributed by atoms with Gasteiger partial charge in [0.1, 0.15) is 0 Å². The average Bonchev–Trinajstić information content (AvgIpc) is 2.77. The molecular weight excluding hydrogens is 326 g/mol. The molecule has 21 heavy (non-hydrogen) atoms. The third-order valence-corrected chi connectivity index (χ3v) is 4.22. The van der Waals surface area contributed by atoms with Gasteiger partial charge in [-0.1, -0.05) is 41.9 Å². The molecule has 2 rings (SSSR count). The Bertz CT molecular complexity index is 585. The Morgan fingerprint density at radius 3 is 2.38 bits per heavy atom. The van der Waals surface area contributed by atoms with Gasteiger partial charge in [-0.15, -0.1) is 0 Å². The van der Waals surface area contributed by atoms with Crippen LogP contribution in [0.1, 0.15) is 43.3 Å². The van der Waals surface area contributed by atoms with Crippen LogP contribution in [0.25, 0.3) is 0 Å². The lowest BCUT2D eigenvalue weighted by Gasteiger charge is -2.10. The van der Waals surface area contributed by atoms with E-state index in [9.17, 15) is 0 Å². The molecule has 0 radical (unpaired) electrons. The largest absolute Gasteiger partial charge is 0.328 e. The Labute approximate surface area is 135 Å². The van der Waals surface area contributed by atoms with Crippen molar-refractivity contribution in [2.75, 3.05) is 0 Å². The summed E-state index contributed by atoms with van der Waals surface area (Å²) in [6, 6.07) is 8.61. The lowest BCUT2D eigenvalue weighted by molar-refractivity contribution is 0.637. The normalized spacial score (nSPS) is 12.6. The molecule has 0 saturated heterocycles. The fourth-order valence-electron chi connectivity index (χ4n) is 2.72. The zero-order valence-electron chi connectivity index (χ0n) is 13.1. The Morgan fingerprint density at radius 2 is 1.86 bits per heavy atom. The van der Waals surface area contributed by atoms with Crippen molar-refractivity contribution in [3.05, 3.63) is 51.3 Å². The minimum Gasteiger partial charge on any atom is -0.328 e. The molecule has 4 heteroatoms. The van der Waals surface area contributed by atoms with Crippen LogP contribution in [0.3, 0.4) is 0 Å². The van der Waals surface area contributed by atoms with Gasteiger partial charge in [0.15, 0.2) is 0 Å². The van der Waals surface area contributed by atoms with Crippen molar-refractivity contribution in [2.24, 2.45) is 5.73 Å². The summed E-state index contributed by atoms with van der Waals surface area (Å²) in [5, 5.41) is 4.82. The van der Waals surface area contributed by atoms with Crippen LogP contribution in [0, 0.1) is 0 Å². The maximum Gasteiger partial charge on any atom is 0.0662 e. The van der Waals surface area contributed by atoms with E-state index in [1.165, 1.54) is 22.5 Å². The summed E-state index contributed by atoms with van der Waals surface area (Å²) in [5.41, 5.74) is 11.2. The second kappa shape index (κ2) is 7.23. The van der Waals surface area contributed by atoms with Crippen LogP contribution in [0.4, 0.5) is 0 Å². The van der Waals surface area contributed by atoms with Gasteiger partial charge in [-0.2, -0.15) is 5.10 Å². The van der Waals surface area contributed by atoms with E-state index in [0.717, 1.165) is 30.3 Å². The van der Waals surface area contributed by atoms with E-state index in [0.29, 0.717) is 0 Å². The summed E-state index contributed by atoms with van der Waals surface area (Å²) in [6.45, 7) is 7.24. The van der Waals surface area contributed by atoms with Crippen LogP contribution in [-0.4, -0.2) is 15.8 Å². The monoisotopic (exact) mass is 349 g/mol. The van der Waals surface area contributed by atoms with E-state index >= 15 is 0 Å². The second-order valence-electron chi connectivity index (χ2n) is 5.54. The molecule has 2 aromatic rings. The molecule has 2 N–H and O–H groups in total. The number of nitrogens with zero attached hydrogens (tertiary/aromatic N) is 2. The number of aromatic nitrogens is 2. The van der Waals surface area contributed by atoms with Crippen LogP contribution in [0.5, 0.6) is 0 Å². The molecule has 0 aliphatic carbocycles. The molecule has 3 nitrogen and oxygen atoms in total. The van der Waals surface area contributed by atoms with Gasteiger partial charge >= 0.3 is 0 Å². The molecule has 0 aliphatic heterocycles. The van der Waals surface area contributed by atoms with Crippen LogP contribution in [0.2, 0.25) is 0 Å². The molecule has 0 saturated carbocycles. The Hall–Kier alpha value is -1.13. The quantitative estimate of drug-likeness (QED) is 0.863. The summed E-state index contributed by atoms with van der Waals surface area (Å²) < 4.78 is 3.26. The number of benzene rings is 1. The van der Waals surface area contributed by atoms with Crippen LogP contribution >= 0.6 is 15.9 Å². The number of nitrogens with two attached hydrogens (primary N) is 1. The first-order chi connectivity index (χ1) is 10.0. The molecule has 114 valence electrons. The Morgan fingerprint density at radius 1 is 1.19 bits per heavy atom. The highest BCUT2D eigenvalue weighted by Gasteiger charge is 2.16. The van der Waals surface area contributed by atoms with Gasteiger partial charge in [-0.05, 0) is 49.4 Å². The van der Waals surface area contributed by atoms with Crippen molar-refractivity contribution in [3.8, 4) is 0 Å².